The van der Waals surface area contributed by atoms with Crippen LogP contribution in [0.4, 0.5) is 0 Å². The molecule has 9 heteroatoms. The van der Waals surface area contributed by atoms with Crippen molar-refractivity contribution in [3.8, 4) is 0 Å². The molecule has 1 aliphatic rings. The lowest BCUT2D eigenvalue weighted by molar-refractivity contribution is 0.0698. The van der Waals surface area contributed by atoms with Crippen LogP contribution in [0.1, 0.15) is 31.4 Å². The van der Waals surface area contributed by atoms with Crippen LogP contribution in [0.5, 0.6) is 0 Å². The largest absolute Gasteiger partial charge is 0.382 e. The lowest BCUT2D eigenvalue weighted by Crippen LogP contribution is -2.38. The third-order valence-electron chi connectivity index (χ3n) is 3.60. The predicted molar refractivity (Wildman–Crippen MR) is 104 cm³/mol. The minimum atomic E-state index is 0. The van der Waals surface area contributed by atoms with E-state index in [0.29, 0.717) is 26.4 Å². The first-order chi connectivity index (χ1) is 11.3. The molecule has 0 fully saturated rings. The van der Waals surface area contributed by atoms with E-state index in [1.165, 1.54) is 0 Å². The number of methoxy groups -OCH3 is 1. The number of aliphatic imine (C=N–C) groups is 1. The average Bonchev–Trinajstić information content (AvgIpc) is 3.15. The Morgan fingerprint density at radius 1 is 1.25 bits per heavy atom. The van der Waals surface area contributed by atoms with Gasteiger partial charge in [0.15, 0.2) is 11.8 Å². The number of halogens is 1. The Kier molecular flexibility index (Phi) is 10.9. The van der Waals surface area contributed by atoms with Gasteiger partial charge in [-0.2, -0.15) is 0 Å². The summed E-state index contributed by atoms with van der Waals surface area (Å²) in [6, 6.07) is 0. The van der Waals surface area contributed by atoms with Crippen molar-refractivity contribution in [2.45, 2.75) is 39.3 Å². The molecule has 0 aromatic carbocycles. The summed E-state index contributed by atoms with van der Waals surface area (Å²) >= 11 is 0. The molecule has 0 unspecified atom stereocenters. The molecule has 2 heterocycles. The van der Waals surface area contributed by atoms with Gasteiger partial charge in [0.05, 0.1) is 13.2 Å². The number of ether oxygens (including phenoxy) is 2. The minimum absolute atomic E-state index is 0. The van der Waals surface area contributed by atoms with Crippen LogP contribution < -0.4 is 10.6 Å². The van der Waals surface area contributed by atoms with E-state index in [4.69, 9.17) is 9.47 Å². The fourth-order valence-electron chi connectivity index (χ4n) is 2.44. The van der Waals surface area contributed by atoms with E-state index >= 15 is 0 Å². The van der Waals surface area contributed by atoms with Crippen molar-refractivity contribution < 1.29 is 9.47 Å². The van der Waals surface area contributed by atoms with E-state index in [2.05, 4.69) is 37.3 Å². The summed E-state index contributed by atoms with van der Waals surface area (Å²) in [6.07, 6.45) is 3.11. The first kappa shape index (κ1) is 21.1. The van der Waals surface area contributed by atoms with E-state index in [0.717, 1.165) is 56.5 Å². The molecule has 2 N–H and O–H groups in total. The van der Waals surface area contributed by atoms with Crippen molar-refractivity contribution in [3.05, 3.63) is 11.6 Å². The number of rotatable bonds is 10. The average molecular weight is 452 g/mol. The van der Waals surface area contributed by atoms with E-state index in [-0.39, 0.29) is 24.0 Å². The number of nitrogens with zero attached hydrogens (tertiary/aromatic N) is 4. The van der Waals surface area contributed by atoms with Gasteiger partial charge < -0.3 is 24.7 Å². The second kappa shape index (κ2) is 12.4. The molecule has 138 valence electrons. The molecule has 0 saturated carbocycles. The van der Waals surface area contributed by atoms with Gasteiger partial charge in [-0.05, 0) is 19.8 Å². The summed E-state index contributed by atoms with van der Waals surface area (Å²) < 4.78 is 12.6. The molecule has 0 amide bonds. The summed E-state index contributed by atoms with van der Waals surface area (Å²) in [5, 5.41) is 15.0. The Balaban J connectivity index is 0.00000288. The van der Waals surface area contributed by atoms with Crippen molar-refractivity contribution in [2.75, 3.05) is 40.0 Å². The number of hydrogen-bond acceptors (Lipinski definition) is 5. The molecular weight excluding hydrogens is 423 g/mol. The topological polar surface area (TPSA) is 85.6 Å². The molecule has 0 saturated heterocycles. The van der Waals surface area contributed by atoms with Crippen LogP contribution in [0.25, 0.3) is 0 Å². The lowest BCUT2D eigenvalue weighted by atomic mass is 10.4. The Labute approximate surface area is 160 Å². The third kappa shape index (κ3) is 6.89. The van der Waals surface area contributed by atoms with Crippen LogP contribution in [0.3, 0.4) is 0 Å². The summed E-state index contributed by atoms with van der Waals surface area (Å²) in [5.74, 6) is 2.83. The lowest BCUT2D eigenvalue weighted by Gasteiger charge is -2.11. The highest BCUT2D eigenvalue weighted by Gasteiger charge is 2.16. The zero-order valence-corrected chi connectivity index (χ0v) is 16.9. The molecule has 1 aromatic rings. The second-order valence-corrected chi connectivity index (χ2v) is 5.37. The fraction of sp³-hybridized carbons (Fsp3) is 0.800. The summed E-state index contributed by atoms with van der Waals surface area (Å²) in [4.78, 5) is 4.59. The maximum Gasteiger partial charge on any atom is 0.191 e. The molecule has 0 aliphatic carbocycles. The number of aromatic nitrogens is 3. The zero-order chi connectivity index (χ0) is 16.3. The van der Waals surface area contributed by atoms with Crippen molar-refractivity contribution in [1.82, 2.24) is 25.4 Å². The maximum absolute atomic E-state index is 5.44. The number of nitrogens with one attached hydrogen (secondary N) is 2. The molecule has 1 aromatic heterocycles. The standard InChI is InChI=1S/C15H28N6O2.HI/c1-3-16-15(17-7-5-9-23-11-10-22-2)18-12-14-20-19-13-6-4-8-21(13)14;/h3-12H2,1-2H3,(H2,16,17,18);1H. The van der Waals surface area contributed by atoms with Crippen LogP contribution in [0, 0.1) is 0 Å². The van der Waals surface area contributed by atoms with Gasteiger partial charge in [-0.3, -0.25) is 0 Å². The Morgan fingerprint density at radius 3 is 2.92 bits per heavy atom. The molecule has 8 nitrogen and oxygen atoms in total. The van der Waals surface area contributed by atoms with Gasteiger partial charge in [-0.15, -0.1) is 34.2 Å². The van der Waals surface area contributed by atoms with Gasteiger partial charge >= 0.3 is 0 Å². The SMILES string of the molecule is CCNC(=NCc1nnc2n1CCC2)NCCCOCCOC.I. The quantitative estimate of drug-likeness (QED) is 0.238. The number of fused-ring (bicyclic) bond motifs is 1. The number of aryl methyl sites for hydroxylation is 1. The van der Waals surface area contributed by atoms with Gasteiger partial charge in [0.25, 0.3) is 0 Å². The van der Waals surface area contributed by atoms with Crippen molar-refractivity contribution in [2.24, 2.45) is 4.99 Å². The monoisotopic (exact) mass is 452 g/mol. The Bertz CT molecular complexity index is 494. The first-order valence-corrected chi connectivity index (χ1v) is 8.35. The van der Waals surface area contributed by atoms with Crippen LogP contribution in [-0.2, 0) is 29.0 Å². The van der Waals surface area contributed by atoms with Crippen LogP contribution >= 0.6 is 24.0 Å². The number of hydrogen-bond donors (Lipinski definition) is 2. The highest BCUT2D eigenvalue weighted by molar-refractivity contribution is 14.0. The van der Waals surface area contributed by atoms with Gasteiger partial charge in [-0.25, -0.2) is 4.99 Å². The summed E-state index contributed by atoms with van der Waals surface area (Å²) in [6.45, 7) is 7.25. The molecule has 0 radical (unpaired) electrons. The Morgan fingerprint density at radius 2 is 2.12 bits per heavy atom. The summed E-state index contributed by atoms with van der Waals surface area (Å²) in [7, 11) is 1.68. The minimum Gasteiger partial charge on any atom is -0.382 e. The van der Waals surface area contributed by atoms with Gasteiger partial charge in [-0.1, -0.05) is 0 Å². The van der Waals surface area contributed by atoms with Crippen molar-refractivity contribution >= 4 is 29.9 Å². The first-order valence-electron chi connectivity index (χ1n) is 8.35. The smallest absolute Gasteiger partial charge is 0.191 e. The number of guanidine groups is 1. The Hall–Kier alpha value is -0.940. The van der Waals surface area contributed by atoms with Crippen molar-refractivity contribution in [1.29, 1.82) is 0 Å². The van der Waals surface area contributed by atoms with E-state index in [1.54, 1.807) is 7.11 Å². The van der Waals surface area contributed by atoms with E-state index in [9.17, 15) is 0 Å². The van der Waals surface area contributed by atoms with Gasteiger partial charge in [0, 0.05) is 39.8 Å². The molecule has 0 spiro atoms. The van der Waals surface area contributed by atoms with E-state index in [1.807, 2.05) is 0 Å². The molecule has 0 bridgehead atoms. The second-order valence-electron chi connectivity index (χ2n) is 5.37. The normalized spacial score (nSPS) is 13.5. The van der Waals surface area contributed by atoms with Crippen LogP contribution in [-0.4, -0.2) is 60.7 Å². The fourth-order valence-corrected chi connectivity index (χ4v) is 2.44. The maximum atomic E-state index is 5.44. The highest BCUT2D eigenvalue weighted by Crippen LogP contribution is 2.14. The molecule has 0 atom stereocenters. The molecule has 24 heavy (non-hydrogen) atoms. The zero-order valence-electron chi connectivity index (χ0n) is 14.6. The highest BCUT2D eigenvalue weighted by atomic mass is 127. The van der Waals surface area contributed by atoms with Gasteiger partial charge in [0.1, 0.15) is 12.4 Å². The molecule has 1 aliphatic heterocycles. The molecule has 2 rings (SSSR count). The van der Waals surface area contributed by atoms with E-state index < -0.39 is 0 Å². The summed E-state index contributed by atoms with van der Waals surface area (Å²) in [5.41, 5.74) is 0. The predicted octanol–water partition coefficient (Wildman–Crippen LogP) is 0.950. The van der Waals surface area contributed by atoms with Crippen molar-refractivity contribution in [3.63, 3.8) is 0 Å². The van der Waals surface area contributed by atoms with Gasteiger partial charge in [0.2, 0.25) is 0 Å². The van der Waals surface area contributed by atoms with Crippen LogP contribution in [0.2, 0.25) is 0 Å². The van der Waals surface area contributed by atoms with Crippen LogP contribution in [0.15, 0.2) is 4.99 Å². The third-order valence-corrected chi connectivity index (χ3v) is 3.60. The molecular formula is C15H29IN6O2.